The number of fused-ring (bicyclic) bond motifs is 1. The molecule has 0 fully saturated rings. The number of carboxylic acids is 1. The van der Waals surface area contributed by atoms with Crippen molar-refractivity contribution >= 4 is 40.4 Å². The van der Waals surface area contributed by atoms with Gasteiger partial charge in [-0.05, 0) is 17.7 Å². The number of benzene rings is 1. The third kappa shape index (κ3) is 3.00. The number of hydrogen-bond donors (Lipinski definition) is 1. The predicted octanol–water partition coefficient (Wildman–Crippen LogP) is 4.03. The fraction of sp³-hybridized carbons (Fsp3) is 0.0556. The molecule has 0 saturated heterocycles. The van der Waals surface area contributed by atoms with Gasteiger partial charge in [0, 0.05) is 17.0 Å². The van der Waals surface area contributed by atoms with Crippen LogP contribution in [0.2, 0.25) is 0 Å². The second-order valence-corrected chi connectivity index (χ2v) is 6.71. The smallest absolute Gasteiger partial charge is 0.357 e. The summed E-state index contributed by atoms with van der Waals surface area (Å²) in [5, 5.41) is 16.3. The van der Waals surface area contributed by atoms with E-state index in [2.05, 4.69) is 15.1 Å². The Kier molecular flexibility index (Phi) is 4.27. The lowest BCUT2D eigenvalue weighted by molar-refractivity contribution is 0.0687. The van der Waals surface area contributed by atoms with Crippen molar-refractivity contribution in [2.75, 3.05) is 0 Å². The van der Waals surface area contributed by atoms with Crippen LogP contribution in [0.3, 0.4) is 0 Å². The van der Waals surface area contributed by atoms with Gasteiger partial charge in [0.25, 0.3) is 0 Å². The van der Waals surface area contributed by atoms with Crippen molar-refractivity contribution in [3.63, 3.8) is 0 Å². The van der Waals surface area contributed by atoms with Gasteiger partial charge >= 0.3 is 5.97 Å². The Bertz CT molecular complexity index is 1150. The second kappa shape index (κ2) is 6.74. The molecule has 0 aliphatic rings. The third-order valence-corrected chi connectivity index (χ3v) is 4.92. The van der Waals surface area contributed by atoms with Gasteiger partial charge in [0.1, 0.15) is 0 Å². The van der Waals surface area contributed by atoms with Crippen molar-refractivity contribution in [3.05, 3.63) is 69.3 Å². The van der Waals surface area contributed by atoms with Gasteiger partial charge in [0.05, 0.1) is 33.5 Å². The lowest BCUT2D eigenvalue weighted by Gasteiger charge is -2.12. The van der Waals surface area contributed by atoms with Crippen LogP contribution in [0.5, 0.6) is 0 Å². The van der Waals surface area contributed by atoms with E-state index in [1.165, 1.54) is 11.3 Å². The fourth-order valence-corrected chi connectivity index (χ4v) is 3.53. The van der Waals surface area contributed by atoms with Crippen molar-refractivity contribution in [1.82, 2.24) is 19.7 Å². The van der Waals surface area contributed by atoms with E-state index in [0.717, 1.165) is 22.5 Å². The number of carboxylic acid groups (broad SMARTS) is 1. The van der Waals surface area contributed by atoms with E-state index in [0.29, 0.717) is 11.9 Å². The minimum Gasteiger partial charge on any atom is -0.476 e. The molecule has 0 atom stereocenters. The molecule has 1 aromatic carbocycles. The van der Waals surface area contributed by atoms with E-state index >= 15 is 0 Å². The van der Waals surface area contributed by atoms with Crippen molar-refractivity contribution in [2.24, 2.45) is 0 Å². The average molecular weight is 380 g/mol. The fourth-order valence-electron chi connectivity index (χ4n) is 2.68. The van der Waals surface area contributed by atoms with Crippen LogP contribution in [0.1, 0.15) is 16.1 Å². The largest absolute Gasteiger partial charge is 0.476 e. The Morgan fingerprint density at radius 3 is 2.69 bits per heavy atom. The highest BCUT2D eigenvalue weighted by Gasteiger charge is 2.14. The first-order chi connectivity index (χ1) is 12.6. The Hall–Kier alpha value is -2.97. The van der Waals surface area contributed by atoms with Crippen LogP contribution < -0.4 is 0 Å². The van der Waals surface area contributed by atoms with E-state index in [1.807, 2.05) is 41.8 Å². The van der Waals surface area contributed by atoms with Crippen LogP contribution in [0.15, 0.2) is 53.5 Å². The number of para-hydroxylation sites is 1. The quantitative estimate of drug-likeness (QED) is 0.538. The topological polar surface area (TPSA) is 80.9 Å². The molecule has 0 bridgehead atoms. The Balaban J connectivity index is 1.76. The summed E-state index contributed by atoms with van der Waals surface area (Å²) in [6.07, 6.45) is 1.75. The number of aromatic carboxylic acids is 1. The summed E-state index contributed by atoms with van der Waals surface area (Å²) in [7, 11) is 0. The first-order valence-corrected chi connectivity index (χ1v) is 9.05. The van der Waals surface area contributed by atoms with E-state index in [1.54, 1.807) is 16.4 Å². The number of nitrogens with zero attached hydrogens (tertiary/aromatic N) is 4. The Morgan fingerprint density at radius 2 is 2.00 bits per heavy atom. The molecule has 8 heteroatoms. The van der Waals surface area contributed by atoms with E-state index in [9.17, 15) is 9.90 Å². The minimum atomic E-state index is -1.13. The van der Waals surface area contributed by atoms with Crippen LogP contribution in [-0.4, -0.2) is 30.8 Å². The second-order valence-electron chi connectivity index (χ2n) is 5.58. The summed E-state index contributed by atoms with van der Waals surface area (Å²) < 4.78 is 1.90. The number of thiazole rings is 1. The summed E-state index contributed by atoms with van der Waals surface area (Å²) in [6.45, 7) is 0.390. The van der Waals surface area contributed by atoms with Gasteiger partial charge in [-0.3, -0.25) is 9.67 Å². The first kappa shape index (κ1) is 16.5. The molecule has 4 aromatic rings. The van der Waals surface area contributed by atoms with Crippen LogP contribution in [-0.2, 0) is 6.54 Å². The molecule has 128 valence electrons. The van der Waals surface area contributed by atoms with Crippen molar-refractivity contribution in [1.29, 1.82) is 0 Å². The Labute approximate surface area is 157 Å². The lowest BCUT2D eigenvalue weighted by Crippen LogP contribution is -2.13. The molecule has 3 aromatic heterocycles. The van der Waals surface area contributed by atoms with Gasteiger partial charge in [-0.2, -0.15) is 5.10 Å². The number of carbonyl (C=O) groups is 1. The summed E-state index contributed by atoms with van der Waals surface area (Å²) >= 11 is 6.80. The molecular weight excluding hydrogens is 368 g/mol. The van der Waals surface area contributed by atoms with Crippen LogP contribution >= 0.6 is 23.6 Å². The van der Waals surface area contributed by atoms with E-state index in [4.69, 9.17) is 12.2 Å². The Morgan fingerprint density at radius 1 is 1.15 bits per heavy atom. The lowest BCUT2D eigenvalue weighted by atomic mass is 10.2. The summed E-state index contributed by atoms with van der Waals surface area (Å²) in [4.78, 5) is 20.2. The molecule has 0 spiro atoms. The SMILES string of the molecule is O=C(O)c1nn(Cc2ccc(-c3cscn3)nc2)c2ccccc2c1=S. The number of pyridine rings is 1. The number of rotatable bonds is 4. The summed E-state index contributed by atoms with van der Waals surface area (Å²) in [5.41, 5.74) is 4.96. The van der Waals surface area contributed by atoms with E-state index < -0.39 is 5.97 Å². The first-order valence-electron chi connectivity index (χ1n) is 7.70. The molecule has 4 rings (SSSR count). The molecular formula is C18H12N4O2S2. The molecule has 1 N–H and O–H groups in total. The zero-order valence-electron chi connectivity index (χ0n) is 13.4. The van der Waals surface area contributed by atoms with Gasteiger partial charge in [-0.1, -0.05) is 36.5 Å². The van der Waals surface area contributed by atoms with Gasteiger partial charge in [0.15, 0.2) is 5.69 Å². The predicted molar refractivity (Wildman–Crippen MR) is 102 cm³/mol. The normalized spacial score (nSPS) is 10.9. The van der Waals surface area contributed by atoms with Gasteiger partial charge in [0.2, 0.25) is 0 Å². The maximum atomic E-state index is 11.5. The molecule has 6 nitrogen and oxygen atoms in total. The highest BCUT2D eigenvalue weighted by atomic mass is 32.1. The highest BCUT2D eigenvalue weighted by molar-refractivity contribution is 7.71. The molecule has 26 heavy (non-hydrogen) atoms. The average Bonchev–Trinajstić information content (AvgIpc) is 3.19. The zero-order valence-corrected chi connectivity index (χ0v) is 15.0. The molecule has 3 heterocycles. The van der Waals surface area contributed by atoms with Crippen molar-refractivity contribution in [3.8, 4) is 11.4 Å². The summed E-state index contributed by atoms with van der Waals surface area (Å²) in [5.74, 6) is -1.13. The monoisotopic (exact) mass is 380 g/mol. The van der Waals surface area contributed by atoms with Crippen molar-refractivity contribution in [2.45, 2.75) is 6.54 Å². The standard InChI is InChI=1S/C18H12N4O2S2/c23-18(24)16-17(25)12-3-1-2-4-15(12)22(21-16)8-11-5-6-13(19-7-11)14-9-26-10-20-14/h1-7,9-10H,8H2,(H,23,24). The highest BCUT2D eigenvalue weighted by Crippen LogP contribution is 2.20. The minimum absolute atomic E-state index is 0.120. The van der Waals surface area contributed by atoms with Crippen LogP contribution in [0.25, 0.3) is 22.3 Å². The number of aromatic nitrogens is 4. The van der Waals surface area contributed by atoms with E-state index in [-0.39, 0.29) is 10.2 Å². The zero-order chi connectivity index (χ0) is 18.1. The van der Waals surface area contributed by atoms with Gasteiger partial charge in [-0.25, -0.2) is 9.78 Å². The molecule has 0 saturated carbocycles. The van der Waals surface area contributed by atoms with Crippen LogP contribution in [0.4, 0.5) is 0 Å². The third-order valence-electron chi connectivity index (χ3n) is 3.92. The molecule has 0 unspecified atom stereocenters. The van der Waals surface area contributed by atoms with Crippen molar-refractivity contribution < 1.29 is 9.90 Å². The summed E-state index contributed by atoms with van der Waals surface area (Å²) in [6, 6.07) is 11.2. The molecule has 0 aliphatic carbocycles. The van der Waals surface area contributed by atoms with Gasteiger partial charge < -0.3 is 5.11 Å². The maximum Gasteiger partial charge on any atom is 0.357 e. The van der Waals surface area contributed by atoms with Gasteiger partial charge in [-0.15, -0.1) is 11.3 Å². The molecule has 0 radical (unpaired) electrons. The molecule has 0 amide bonds. The van der Waals surface area contributed by atoms with Crippen LogP contribution in [0, 0.1) is 4.51 Å². The maximum absolute atomic E-state index is 11.5. The molecule has 0 aliphatic heterocycles. The number of hydrogen-bond acceptors (Lipinski definition) is 6.